The van der Waals surface area contributed by atoms with Crippen LogP contribution in [0.4, 0.5) is 0 Å². The Hall–Kier alpha value is -0.0800. The Bertz CT molecular complexity index is 199. The molecule has 2 nitrogen and oxygen atoms in total. The van der Waals surface area contributed by atoms with Crippen molar-refractivity contribution in [2.24, 2.45) is 23.5 Å². The summed E-state index contributed by atoms with van der Waals surface area (Å²) in [5.74, 6) is 2.66. The number of rotatable bonds is 2. The summed E-state index contributed by atoms with van der Waals surface area (Å²) in [5.41, 5.74) is 5.75. The Morgan fingerprint density at radius 3 is 2.06 bits per heavy atom. The molecule has 0 amide bonds. The maximum atomic E-state index is 5.75. The molecule has 1 saturated carbocycles. The summed E-state index contributed by atoms with van der Waals surface area (Å²) >= 11 is 0. The van der Waals surface area contributed by atoms with Crippen molar-refractivity contribution in [1.82, 2.24) is 4.90 Å². The van der Waals surface area contributed by atoms with E-state index in [9.17, 15) is 0 Å². The van der Waals surface area contributed by atoms with Crippen LogP contribution < -0.4 is 5.73 Å². The van der Waals surface area contributed by atoms with Gasteiger partial charge in [0.1, 0.15) is 0 Å². The van der Waals surface area contributed by atoms with E-state index < -0.39 is 0 Å². The van der Waals surface area contributed by atoms with Crippen molar-refractivity contribution in [1.29, 1.82) is 0 Å². The summed E-state index contributed by atoms with van der Waals surface area (Å²) in [6.45, 7) is 8.34. The van der Waals surface area contributed by atoms with E-state index >= 15 is 0 Å². The lowest BCUT2D eigenvalue weighted by Gasteiger charge is -2.42. The monoisotopic (exact) mass is 224 g/mol. The van der Waals surface area contributed by atoms with Crippen LogP contribution in [-0.2, 0) is 0 Å². The van der Waals surface area contributed by atoms with Gasteiger partial charge in [0.15, 0.2) is 0 Å². The highest BCUT2D eigenvalue weighted by atomic mass is 15.2. The molecule has 2 heteroatoms. The second-order valence-electron chi connectivity index (χ2n) is 6.29. The van der Waals surface area contributed by atoms with Gasteiger partial charge in [0.05, 0.1) is 0 Å². The Balaban J connectivity index is 1.83. The van der Waals surface area contributed by atoms with Gasteiger partial charge in [-0.2, -0.15) is 0 Å². The van der Waals surface area contributed by atoms with E-state index in [0.717, 1.165) is 30.3 Å². The molecule has 94 valence electrons. The van der Waals surface area contributed by atoms with E-state index in [0.29, 0.717) is 0 Å². The highest BCUT2D eigenvalue weighted by molar-refractivity contribution is 4.84. The fourth-order valence-corrected chi connectivity index (χ4v) is 3.76. The molecule has 2 unspecified atom stereocenters. The molecular formula is C14H28N2. The molecule has 0 aromatic heterocycles. The van der Waals surface area contributed by atoms with Crippen molar-refractivity contribution in [3.8, 4) is 0 Å². The zero-order chi connectivity index (χ0) is 11.5. The molecule has 2 rings (SSSR count). The average Bonchev–Trinajstić information content (AvgIpc) is 2.28. The topological polar surface area (TPSA) is 29.3 Å². The first kappa shape index (κ1) is 12.4. The van der Waals surface area contributed by atoms with Gasteiger partial charge in [-0.25, -0.2) is 0 Å². The minimum absolute atomic E-state index is 0.801. The fraction of sp³-hybridized carbons (Fsp3) is 1.00. The molecule has 16 heavy (non-hydrogen) atoms. The summed E-state index contributed by atoms with van der Waals surface area (Å²) in [4.78, 5) is 2.75. The van der Waals surface area contributed by atoms with E-state index in [-0.39, 0.29) is 0 Å². The SMILES string of the molecule is CC1CC(C)CC(N2CCC(CN)CC2)C1. The summed E-state index contributed by atoms with van der Waals surface area (Å²) in [6, 6.07) is 0.873. The van der Waals surface area contributed by atoms with Crippen LogP contribution in [0.15, 0.2) is 0 Å². The van der Waals surface area contributed by atoms with Crippen molar-refractivity contribution in [3.05, 3.63) is 0 Å². The van der Waals surface area contributed by atoms with Crippen molar-refractivity contribution in [2.45, 2.75) is 52.0 Å². The Labute approximate surface area is 101 Å². The molecule has 0 aromatic rings. The van der Waals surface area contributed by atoms with Crippen LogP contribution in [0, 0.1) is 17.8 Å². The van der Waals surface area contributed by atoms with Crippen LogP contribution in [0.2, 0.25) is 0 Å². The number of nitrogens with two attached hydrogens (primary N) is 1. The van der Waals surface area contributed by atoms with Gasteiger partial charge in [-0.15, -0.1) is 0 Å². The lowest BCUT2D eigenvalue weighted by Crippen LogP contribution is -2.45. The van der Waals surface area contributed by atoms with Crippen LogP contribution in [0.25, 0.3) is 0 Å². The maximum absolute atomic E-state index is 5.75. The summed E-state index contributed by atoms with van der Waals surface area (Å²) in [6.07, 6.45) is 6.95. The number of hydrogen-bond acceptors (Lipinski definition) is 2. The van der Waals surface area contributed by atoms with Gasteiger partial charge >= 0.3 is 0 Å². The first-order chi connectivity index (χ1) is 7.69. The van der Waals surface area contributed by atoms with Crippen LogP contribution >= 0.6 is 0 Å². The second-order valence-corrected chi connectivity index (χ2v) is 6.29. The predicted molar refractivity (Wildman–Crippen MR) is 69.3 cm³/mol. The van der Waals surface area contributed by atoms with Crippen LogP contribution in [-0.4, -0.2) is 30.6 Å². The molecule has 1 aliphatic carbocycles. The quantitative estimate of drug-likeness (QED) is 0.781. The third-order valence-electron chi connectivity index (χ3n) is 4.65. The molecule has 0 spiro atoms. The van der Waals surface area contributed by atoms with Gasteiger partial charge in [-0.3, -0.25) is 0 Å². The molecular weight excluding hydrogens is 196 g/mol. The molecule has 2 N–H and O–H groups in total. The van der Waals surface area contributed by atoms with Gasteiger partial charge in [0, 0.05) is 6.04 Å². The highest BCUT2D eigenvalue weighted by Gasteiger charge is 2.30. The Morgan fingerprint density at radius 1 is 1.00 bits per heavy atom. The smallest absolute Gasteiger partial charge is 0.0100 e. The third kappa shape index (κ3) is 2.98. The van der Waals surface area contributed by atoms with Gasteiger partial charge in [-0.05, 0) is 69.5 Å². The number of piperidine rings is 1. The predicted octanol–water partition coefficient (Wildman–Crippen LogP) is 2.48. The summed E-state index contributed by atoms with van der Waals surface area (Å²) in [5, 5.41) is 0. The van der Waals surface area contributed by atoms with Crippen LogP contribution in [0.1, 0.15) is 46.0 Å². The highest BCUT2D eigenvalue weighted by Crippen LogP contribution is 2.33. The normalized spacial score (nSPS) is 38.8. The number of likely N-dealkylation sites (tertiary alicyclic amines) is 1. The van der Waals surface area contributed by atoms with E-state index in [1.54, 1.807) is 0 Å². The summed E-state index contributed by atoms with van der Waals surface area (Å²) in [7, 11) is 0. The Kier molecular flexibility index (Phi) is 4.26. The van der Waals surface area contributed by atoms with Gasteiger partial charge in [0.25, 0.3) is 0 Å². The molecule has 1 saturated heterocycles. The van der Waals surface area contributed by atoms with Crippen LogP contribution in [0.5, 0.6) is 0 Å². The first-order valence-corrected chi connectivity index (χ1v) is 7.13. The second kappa shape index (κ2) is 5.50. The van der Waals surface area contributed by atoms with E-state index in [1.807, 2.05) is 0 Å². The van der Waals surface area contributed by atoms with E-state index in [2.05, 4.69) is 18.7 Å². The fourth-order valence-electron chi connectivity index (χ4n) is 3.76. The zero-order valence-corrected chi connectivity index (χ0v) is 11.0. The van der Waals surface area contributed by atoms with Gasteiger partial charge in [-0.1, -0.05) is 13.8 Å². The molecule has 2 atom stereocenters. The molecule has 0 aromatic carbocycles. The standard InChI is InChI=1S/C14H28N2/c1-11-7-12(2)9-14(8-11)16-5-3-13(10-15)4-6-16/h11-14H,3-10,15H2,1-2H3. The molecule has 2 aliphatic rings. The summed E-state index contributed by atoms with van der Waals surface area (Å²) < 4.78 is 0. The van der Waals surface area contributed by atoms with Crippen molar-refractivity contribution >= 4 is 0 Å². The first-order valence-electron chi connectivity index (χ1n) is 7.13. The lowest BCUT2D eigenvalue weighted by molar-refractivity contribution is 0.0769. The third-order valence-corrected chi connectivity index (χ3v) is 4.65. The molecule has 2 fully saturated rings. The zero-order valence-electron chi connectivity index (χ0n) is 11.0. The van der Waals surface area contributed by atoms with Crippen LogP contribution in [0.3, 0.4) is 0 Å². The molecule has 0 radical (unpaired) electrons. The van der Waals surface area contributed by atoms with Crippen molar-refractivity contribution < 1.29 is 0 Å². The number of nitrogens with zero attached hydrogens (tertiary/aromatic N) is 1. The average molecular weight is 224 g/mol. The molecule has 1 heterocycles. The van der Waals surface area contributed by atoms with Crippen molar-refractivity contribution in [2.75, 3.05) is 19.6 Å². The maximum Gasteiger partial charge on any atom is 0.0100 e. The molecule has 0 bridgehead atoms. The van der Waals surface area contributed by atoms with Gasteiger partial charge < -0.3 is 10.6 Å². The number of hydrogen-bond donors (Lipinski definition) is 1. The lowest BCUT2D eigenvalue weighted by atomic mass is 9.79. The van der Waals surface area contributed by atoms with Crippen molar-refractivity contribution in [3.63, 3.8) is 0 Å². The molecule has 1 aliphatic heterocycles. The van der Waals surface area contributed by atoms with E-state index in [4.69, 9.17) is 5.73 Å². The minimum Gasteiger partial charge on any atom is -0.330 e. The van der Waals surface area contributed by atoms with Gasteiger partial charge in [0.2, 0.25) is 0 Å². The largest absolute Gasteiger partial charge is 0.330 e. The Morgan fingerprint density at radius 2 is 1.56 bits per heavy atom. The minimum atomic E-state index is 0.801. The van der Waals surface area contributed by atoms with E-state index in [1.165, 1.54) is 45.2 Å².